The van der Waals surface area contributed by atoms with Gasteiger partial charge in [-0.15, -0.1) is 0 Å². The molecule has 0 radical (unpaired) electrons. The first kappa shape index (κ1) is 14.5. The van der Waals surface area contributed by atoms with Gasteiger partial charge in [-0.2, -0.15) is 0 Å². The van der Waals surface area contributed by atoms with E-state index in [9.17, 15) is 4.79 Å². The lowest BCUT2D eigenvalue weighted by Gasteiger charge is -2.40. The first-order chi connectivity index (χ1) is 7.70. The molecule has 0 aromatic rings. The van der Waals surface area contributed by atoms with Crippen molar-refractivity contribution in [2.24, 2.45) is 5.73 Å². The molecule has 1 aliphatic rings. The molecule has 100 valence electrons. The molecular weight excluding hydrogens is 214 g/mol. The molecule has 0 saturated carbocycles. The van der Waals surface area contributed by atoms with Crippen LogP contribution in [0.2, 0.25) is 0 Å². The first-order valence-corrected chi connectivity index (χ1v) is 6.54. The van der Waals surface area contributed by atoms with Gasteiger partial charge in [0.2, 0.25) is 5.91 Å². The summed E-state index contributed by atoms with van der Waals surface area (Å²) < 4.78 is 0. The Morgan fingerprint density at radius 1 is 1.47 bits per heavy atom. The number of carbonyl (C=O) groups excluding carboxylic acids is 1. The summed E-state index contributed by atoms with van der Waals surface area (Å²) in [5, 5.41) is 3.04. The van der Waals surface area contributed by atoms with Gasteiger partial charge in [0, 0.05) is 24.2 Å². The van der Waals surface area contributed by atoms with E-state index in [4.69, 9.17) is 5.73 Å². The van der Waals surface area contributed by atoms with Crippen LogP contribution >= 0.6 is 0 Å². The minimum Gasteiger partial charge on any atom is -0.350 e. The standard InChI is InChI=1S/C13H27N3O/c1-9-8-11(14)6-7-16(9)10(2)12(17)15-13(3,4)5/h9-11H,6-8,14H2,1-5H3,(H,15,17). The second kappa shape index (κ2) is 5.36. The second-order valence-electron chi connectivity index (χ2n) is 6.29. The van der Waals surface area contributed by atoms with Crippen molar-refractivity contribution in [3.8, 4) is 0 Å². The predicted molar refractivity (Wildman–Crippen MR) is 70.7 cm³/mol. The highest BCUT2D eigenvalue weighted by Gasteiger charge is 2.31. The lowest BCUT2D eigenvalue weighted by atomic mass is 9.97. The molecule has 3 atom stereocenters. The number of nitrogens with zero attached hydrogens (tertiary/aromatic N) is 1. The zero-order valence-electron chi connectivity index (χ0n) is 11.8. The number of nitrogens with one attached hydrogen (secondary N) is 1. The maximum atomic E-state index is 12.1. The highest BCUT2D eigenvalue weighted by molar-refractivity contribution is 5.82. The molecule has 1 heterocycles. The van der Waals surface area contributed by atoms with Gasteiger partial charge in [0.1, 0.15) is 0 Å². The third-order valence-corrected chi connectivity index (χ3v) is 3.34. The molecule has 0 spiro atoms. The number of likely N-dealkylation sites (tertiary alicyclic amines) is 1. The number of piperidine rings is 1. The van der Waals surface area contributed by atoms with Crippen LogP contribution in [0.15, 0.2) is 0 Å². The minimum atomic E-state index is -0.166. The number of amides is 1. The van der Waals surface area contributed by atoms with Crippen LogP contribution in [0.3, 0.4) is 0 Å². The van der Waals surface area contributed by atoms with E-state index in [-0.39, 0.29) is 17.5 Å². The van der Waals surface area contributed by atoms with Crippen molar-refractivity contribution in [2.75, 3.05) is 6.54 Å². The summed E-state index contributed by atoms with van der Waals surface area (Å²) in [5.74, 6) is 0.111. The maximum Gasteiger partial charge on any atom is 0.237 e. The van der Waals surface area contributed by atoms with E-state index >= 15 is 0 Å². The predicted octanol–water partition coefficient (Wildman–Crippen LogP) is 1.10. The summed E-state index contributed by atoms with van der Waals surface area (Å²) in [6.07, 6.45) is 1.96. The molecule has 1 saturated heterocycles. The van der Waals surface area contributed by atoms with Crippen LogP contribution in [0.4, 0.5) is 0 Å². The number of hydrogen-bond donors (Lipinski definition) is 2. The van der Waals surface area contributed by atoms with Crippen LogP contribution < -0.4 is 11.1 Å². The zero-order valence-corrected chi connectivity index (χ0v) is 11.8. The van der Waals surface area contributed by atoms with Crippen molar-refractivity contribution >= 4 is 5.91 Å². The topological polar surface area (TPSA) is 58.4 Å². The van der Waals surface area contributed by atoms with Crippen LogP contribution in [0.1, 0.15) is 47.5 Å². The van der Waals surface area contributed by atoms with Gasteiger partial charge in [0.15, 0.2) is 0 Å². The average Bonchev–Trinajstić information content (AvgIpc) is 2.14. The van der Waals surface area contributed by atoms with Crippen molar-refractivity contribution < 1.29 is 4.79 Å². The fourth-order valence-electron chi connectivity index (χ4n) is 2.43. The van der Waals surface area contributed by atoms with Gasteiger partial charge in [-0.1, -0.05) is 0 Å². The molecule has 0 aromatic carbocycles. The molecule has 0 aromatic heterocycles. The third kappa shape index (κ3) is 4.28. The molecule has 4 nitrogen and oxygen atoms in total. The number of hydrogen-bond acceptors (Lipinski definition) is 3. The quantitative estimate of drug-likeness (QED) is 0.761. The second-order valence-corrected chi connectivity index (χ2v) is 6.29. The summed E-state index contributed by atoms with van der Waals surface area (Å²) >= 11 is 0. The zero-order chi connectivity index (χ0) is 13.2. The Kier molecular flexibility index (Phi) is 4.55. The van der Waals surface area contributed by atoms with Crippen molar-refractivity contribution in [3.05, 3.63) is 0 Å². The van der Waals surface area contributed by atoms with Crippen molar-refractivity contribution in [2.45, 2.75) is 71.1 Å². The van der Waals surface area contributed by atoms with Crippen LogP contribution in [0.5, 0.6) is 0 Å². The number of nitrogens with two attached hydrogens (primary N) is 1. The third-order valence-electron chi connectivity index (χ3n) is 3.34. The van der Waals surface area contributed by atoms with E-state index in [1.807, 2.05) is 27.7 Å². The summed E-state index contributed by atoms with van der Waals surface area (Å²) in [6.45, 7) is 11.1. The van der Waals surface area contributed by atoms with Crippen LogP contribution in [-0.2, 0) is 4.79 Å². The summed E-state index contributed by atoms with van der Waals surface area (Å²) in [7, 11) is 0. The van der Waals surface area contributed by atoms with Gasteiger partial charge >= 0.3 is 0 Å². The molecule has 1 rings (SSSR count). The van der Waals surface area contributed by atoms with Gasteiger partial charge in [-0.3, -0.25) is 9.69 Å². The lowest BCUT2D eigenvalue weighted by molar-refractivity contribution is -0.128. The highest BCUT2D eigenvalue weighted by Crippen LogP contribution is 2.19. The van der Waals surface area contributed by atoms with Crippen LogP contribution in [0.25, 0.3) is 0 Å². The van der Waals surface area contributed by atoms with Crippen molar-refractivity contribution in [3.63, 3.8) is 0 Å². The smallest absolute Gasteiger partial charge is 0.237 e. The lowest BCUT2D eigenvalue weighted by Crippen LogP contribution is -2.56. The molecule has 1 fully saturated rings. The molecule has 0 aliphatic carbocycles. The Bertz CT molecular complexity index is 272. The molecule has 0 bridgehead atoms. The molecule has 4 heteroatoms. The summed E-state index contributed by atoms with van der Waals surface area (Å²) in [6, 6.07) is 0.607. The Balaban J connectivity index is 2.57. The monoisotopic (exact) mass is 241 g/mol. The highest BCUT2D eigenvalue weighted by atomic mass is 16.2. The fourth-order valence-corrected chi connectivity index (χ4v) is 2.43. The SMILES string of the molecule is CC1CC(N)CCN1C(C)C(=O)NC(C)(C)C. The van der Waals surface area contributed by atoms with Gasteiger partial charge in [-0.25, -0.2) is 0 Å². The van der Waals surface area contributed by atoms with E-state index in [2.05, 4.69) is 17.1 Å². The van der Waals surface area contributed by atoms with E-state index in [0.29, 0.717) is 12.1 Å². The normalized spacial score (nSPS) is 28.8. The number of rotatable bonds is 2. The van der Waals surface area contributed by atoms with Gasteiger partial charge in [0.05, 0.1) is 6.04 Å². The minimum absolute atomic E-state index is 0.0725. The van der Waals surface area contributed by atoms with E-state index in [1.54, 1.807) is 0 Å². The molecule has 1 amide bonds. The Morgan fingerprint density at radius 2 is 2.06 bits per heavy atom. The van der Waals surface area contributed by atoms with Gasteiger partial charge < -0.3 is 11.1 Å². The summed E-state index contributed by atoms with van der Waals surface area (Å²) in [4.78, 5) is 14.4. The fraction of sp³-hybridized carbons (Fsp3) is 0.923. The summed E-state index contributed by atoms with van der Waals surface area (Å²) in [5.41, 5.74) is 5.77. The van der Waals surface area contributed by atoms with Gasteiger partial charge in [0.25, 0.3) is 0 Å². The molecule has 1 aliphatic heterocycles. The van der Waals surface area contributed by atoms with E-state index < -0.39 is 0 Å². The maximum absolute atomic E-state index is 12.1. The van der Waals surface area contributed by atoms with Crippen LogP contribution in [-0.4, -0.2) is 41.0 Å². The largest absolute Gasteiger partial charge is 0.350 e. The van der Waals surface area contributed by atoms with E-state index in [1.165, 1.54) is 0 Å². The van der Waals surface area contributed by atoms with Crippen molar-refractivity contribution in [1.82, 2.24) is 10.2 Å². The van der Waals surface area contributed by atoms with Crippen LogP contribution in [0, 0.1) is 0 Å². The molecule has 17 heavy (non-hydrogen) atoms. The number of carbonyl (C=O) groups is 1. The van der Waals surface area contributed by atoms with Crippen molar-refractivity contribution in [1.29, 1.82) is 0 Å². The molecule has 3 N–H and O–H groups in total. The van der Waals surface area contributed by atoms with Gasteiger partial charge in [-0.05, 0) is 47.5 Å². The Hall–Kier alpha value is -0.610. The Labute approximate surface area is 105 Å². The average molecular weight is 241 g/mol. The molecular formula is C13H27N3O. The van der Waals surface area contributed by atoms with E-state index in [0.717, 1.165) is 19.4 Å². The Morgan fingerprint density at radius 3 is 2.53 bits per heavy atom. The first-order valence-electron chi connectivity index (χ1n) is 6.54. The molecule has 3 unspecified atom stereocenters.